The van der Waals surface area contributed by atoms with Crippen molar-refractivity contribution in [2.45, 2.75) is 392 Å². The molecule has 0 aromatic heterocycles. The van der Waals surface area contributed by atoms with Crippen LogP contribution in [0.1, 0.15) is 380 Å². The second kappa shape index (κ2) is 64.9. The third kappa shape index (κ3) is 61.4. The molecule has 0 radical (unpaired) electrons. The number of nitrogens with one attached hydrogen (secondary N) is 1. The standard InChI is InChI=1S/C69H133NO5/c1-3-5-7-9-11-13-15-17-19-30-35-39-43-47-51-55-59-63-69(74)75-64-60-56-52-48-44-40-36-32-29-27-25-23-21-20-22-24-26-28-31-34-38-42-46-50-54-58-62-68(73)70-66(65-71)67(72)61-57-53-49-45-41-37-33-18-16-14-12-10-8-6-4-2/h11,13,17,19,66-67,71-72H,3-10,12,14-16,18,20-65H2,1-2H3,(H,70,73)/b13-11-,19-17-. The molecule has 2 atom stereocenters. The van der Waals surface area contributed by atoms with Crippen LogP contribution in [0.5, 0.6) is 0 Å². The van der Waals surface area contributed by atoms with Crippen LogP contribution < -0.4 is 5.32 Å². The molecule has 6 heteroatoms. The first-order valence-corrected chi connectivity index (χ1v) is 34.1. The van der Waals surface area contributed by atoms with Crippen LogP contribution in [-0.4, -0.2) is 47.4 Å². The van der Waals surface area contributed by atoms with Crippen molar-refractivity contribution < 1.29 is 24.5 Å². The molecule has 0 rings (SSSR count). The van der Waals surface area contributed by atoms with Crippen molar-refractivity contribution in [3.8, 4) is 0 Å². The SMILES string of the molecule is CCCCC/C=C\C/C=C\CCCCCCCCCC(=O)OCCCCCCCCCCCCCCCCCCCCCCCCCCCCC(=O)NC(CO)C(O)CCCCCCCCCCCCCCCCC. The van der Waals surface area contributed by atoms with E-state index in [1.54, 1.807) is 0 Å². The molecule has 0 aromatic carbocycles. The second-order valence-electron chi connectivity index (χ2n) is 23.5. The van der Waals surface area contributed by atoms with E-state index in [9.17, 15) is 19.8 Å². The topological polar surface area (TPSA) is 95.9 Å². The monoisotopic (exact) mass is 1060 g/mol. The van der Waals surface area contributed by atoms with Crippen LogP contribution in [0.3, 0.4) is 0 Å². The summed E-state index contributed by atoms with van der Waals surface area (Å²) in [5.41, 5.74) is 0. The lowest BCUT2D eigenvalue weighted by Crippen LogP contribution is -2.45. The molecule has 0 spiro atoms. The van der Waals surface area contributed by atoms with Gasteiger partial charge >= 0.3 is 5.97 Å². The zero-order chi connectivity index (χ0) is 54.3. The first-order chi connectivity index (χ1) is 37.0. The third-order valence-corrected chi connectivity index (χ3v) is 16.0. The number of hydrogen-bond donors (Lipinski definition) is 3. The van der Waals surface area contributed by atoms with E-state index in [0.717, 1.165) is 51.4 Å². The fraction of sp³-hybridized carbons (Fsp3) is 0.913. The molecule has 0 bridgehead atoms. The van der Waals surface area contributed by atoms with E-state index in [1.807, 2.05) is 0 Å². The molecule has 75 heavy (non-hydrogen) atoms. The fourth-order valence-corrected chi connectivity index (χ4v) is 10.8. The number of allylic oxidation sites excluding steroid dienone is 4. The average Bonchev–Trinajstić information content (AvgIpc) is 3.41. The van der Waals surface area contributed by atoms with Gasteiger partial charge in [0.15, 0.2) is 0 Å². The van der Waals surface area contributed by atoms with Crippen molar-refractivity contribution >= 4 is 11.9 Å². The van der Waals surface area contributed by atoms with Gasteiger partial charge in [0.05, 0.1) is 25.4 Å². The Morgan fingerprint density at radius 1 is 0.373 bits per heavy atom. The number of rotatable bonds is 64. The first-order valence-electron chi connectivity index (χ1n) is 34.1. The average molecular weight is 1060 g/mol. The molecule has 0 saturated carbocycles. The highest BCUT2D eigenvalue weighted by atomic mass is 16.5. The Kier molecular flexibility index (Phi) is 63.4. The van der Waals surface area contributed by atoms with Crippen LogP contribution in [0, 0.1) is 0 Å². The number of aliphatic hydroxyl groups is 2. The van der Waals surface area contributed by atoms with Crippen LogP contribution in [0.4, 0.5) is 0 Å². The number of esters is 1. The summed E-state index contributed by atoms with van der Waals surface area (Å²) in [5, 5.41) is 23.3. The molecule has 0 aliphatic carbocycles. The smallest absolute Gasteiger partial charge is 0.305 e. The first kappa shape index (κ1) is 73.3. The molecule has 0 aliphatic rings. The second-order valence-corrected chi connectivity index (χ2v) is 23.5. The Morgan fingerprint density at radius 2 is 0.667 bits per heavy atom. The van der Waals surface area contributed by atoms with E-state index >= 15 is 0 Å². The highest BCUT2D eigenvalue weighted by Crippen LogP contribution is 2.19. The molecule has 0 aliphatic heterocycles. The van der Waals surface area contributed by atoms with Gasteiger partial charge in [-0.3, -0.25) is 9.59 Å². The number of unbranched alkanes of at least 4 members (excludes halogenated alkanes) is 49. The number of aliphatic hydroxyl groups excluding tert-OH is 2. The summed E-state index contributed by atoms with van der Waals surface area (Å²) in [5.74, 6) is -0.0199. The van der Waals surface area contributed by atoms with Gasteiger partial charge in [0.2, 0.25) is 5.91 Å². The van der Waals surface area contributed by atoms with Gasteiger partial charge in [0.25, 0.3) is 0 Å². The molecule has 0 saturated heterocycles. The lowest BCUT2D eigenvalue weighted by Gasteiger charge is -2.22. The molecule has 0 aromatic rings. The minimum atomic E-state index is -0.662. The Balaban J connectivity index is 3.34. The van der Waals surface area contributed by atoms with E-state index in [4.69, 9.17) is 4.74 Å². The summed E-state index contributed by atoms with van der Waals surface area (Å²) >= 11 is 0. The normalized spacial score (nSPS) is 12.6. The zero-order valence-corrected chi connectivity index (χ0v) is 50.8. The minimum Gasteiger partial charge on any atom is -0.466 e. The number of hydrogen-bond acceptors (Lipinski definition) is 5. The van der Waals surface area contributed by atoms with Crippen LogP contribution in [0.15, 0.2) is 24.3 Å². The number of ether oxygens (including phenoxy) is 1. The van der Waals surface area contributed by atoms with Crippen molar-refractivity contribution in [3.63, 3.8) is 0 Å². The zero-order valence-electron chi connectivity index (χ0n) is 50.8. The van der Waals surface area contributed by atoms with Crippen LogP contribution in [0.25, 0.3) is 0 Å². The van der Waals surface area contributed by atoms with Crippen LogP contribution in [-0.2, 0) is 14.3 Å². The van der Waals surface area contributed by atoms with E-state index in [-0.39, 0.29) is 18.5 Å². The maximum Gasteiger partial charge on any atom is 0.305 e. The largest absolute Gasteiger partial charge is 0.466 e. The van der Waals surface area contributed by atoms with Gasteiger partial charge in [-0.2, -0.15) is 0 Å². The van der Waals surface area contributed by atoms with Crippen molar-refractivity contribution in [2.24, 2.45) is 0 Å². The molecule has 0 heterocycles. The summed E-state index contributed by atoms with van der Waals surface area (Å²) in [4.78, 5) is 24.6. The maximum absolute atomic E-state index is 12.5. The predicted molar refractivity (Wildman–Crippen MR) is 329 cm³/mol. The summed E-state index contributed by atoms with van der Waals surface area (Å²) in [6.07, 6.45) is 80.7. The summed E-state index contributed by atoms with van der Waals surface area (Å²) in [6, 6.07) is -0.539. The Bertz CT molecular complexity index is 1170. The number of carbonyl (C=O) groups excluding carboxylic acids is 2. The van der Waals surface area contributed by atoms with E-state index in [0.29, 0.717) is 25.9 Å². The maximum atomic E-state index is 12.5. The highest BCUT2D eigenvalue weighted by Gasteiger charge is 2.20. The molecule has 3 N–H and O–H groups in total. The van der Waals surface area contributed by atoms with Crippen molar-refractivity contribution in [1.29, 1.82) is 0 Å². The lowest BCUT2D eigenvalue weighted by atomic mass is 10.0. The Morgan fingerprint density at radius 3 is 1.04 bits per heavy atom. The van der Waals surface area contributed by atoms with Gasteiger partial charge in [0.1, 0.15) is 0 Å². The highest BCUT2D eigenvalue weighted by molar-refractivity contribution is 5.76. The van der Waals surface area contributed by atoms with E-state index in [1.165, 1.54) is 295 Å². The van der Waals surface area contributed by atoms with E-state index in [2.05, 4.69) is 43.5 Å². The third-order valence-electron chi connectivity index (χ3n) is 16.0. The fourth-order valence-electron chi connectivity index (χ4n) is 10.8. The molecule has 2 unspecified atom stereocenters. The van der Waals surface area contributed by atoms with Gasteiger partial charge in [-0.05, 0) is 57.8 Å². The van der Waals surface area contributed by atoms with Gasteiger partial charge in [0, 0.05) is 12.8 Å². The van der Waals surface area contributed by atoms with Crippen molar-refractivity contribution in [3.05, 3.63) is 24.3 Å². The number of amides is 1. The minimum absolute atomic E-state index is 0.0101. The summed E-state index contributed by atoms with van der Waals surface area (Å²) < 4.78 is 5.50. The molecule has 0 fully saturated rings. The Hall–Kier alpha value is -1.66. The molecular weight excluding hydrogens is 923 g/mol. The van der Waals surface area contributed by atoms with Crippen LogP contribution >= 0.6 is 0 Å². The predicted octanol–water partition coefficient (Wildman–Crippen LogP) is 21.8. The summed E-state index contributed by atoms with van der Waals surface area (Å²) in [7, 11) is 0. The molecule has 6 nitrogen and oxygen atoms in total. The van der Waals surface area contributed by atoms with Gasteiger partial charge in [-0.25, -0.2) is 0 Å². The van der Waals surface area contributed by atoms with Crippen molar-refractivity contribution in [2.75, 3.05) is 13.2 Å². The quantitative estimate of drug-likeness (QED) is 0.0320. The van der Waals surface area contributed by atoms with Crippen LogP contribution in [0.2, 0.25) is 0 Å². The van der Waals surface area contributed by atoms with Gasteiger partial charge in [-0.1, -0.05) is 334 Å². The lowest BCUT2D eigenvalue weighted by molar-refractivity contribution is -0.143. The number of carbonyl (C=O) groups is 2. The molecular formula is C69H133NO5. The van der Waals surface area contributed by atoms with Gasteiger partial charge in [-0.15, -0.1) is 0 Å². The summed E-state index contributed by atoms with van der Waals surface area (Å²) in [6.45, 7) is 4.96. The molecule has 1 amide bonds. The molecule has 444 valence electrons. The van der Waals surface area contributed by atoms with Gasteiger partial charge < -0.3 is 20.3 Å². The van der Waals surface area contributed by atoms with E-state index < -0.39 is 12.1 Å². The van der Waals surface area contributed by atoms with Crippen molar-refractivity contribution in [1.82, 2.24) is 5.32 Å². The Labute approximate surface area is 469 Å².